The van der Waals surface area contributed by atoms with E-state index in [1.165, 1.54) is 12.8 Å². The van der Waals surface area contributed by atoms with E-state index in [2.05, 4.69) is 5.32 Å². The van der Waals surface area contributed by atoms with E-state index in [1.807, 2.05) is 26.0 Å². The monoisotopic (exact) mass is 258 g/mol. The van der Waals surface area contributed by atoms with Gasteiger partial charge in [-0.2, -0.15) is 0 Å². The van der Waals surface area contributed by atoms with E-state index < -0.39 is 0 Å². The Balaban J connectivity index is 1.85. The molecule has 19 heavy (non-hydrogen) atoms. The van der Waals surface area contributed by atoms with Gasteiger partial charge < -0.3 is 10.2 Å². The summed E-state index contributed by atoms with van der Waals surface area (Å²) in [6.07, 6.45) is 2.45. The van der Waals surface area contributed by atoms with Crippen LogP contribution < -0.4 is 10.2 Å². The highest BCUT2D eigenvalue weighted by atomic mass is 16.2. The lowest BCUT2D eigenvalue weighted by molar-refractivity contribution is -0.114. The van der Waals surface area contributed by atoms with Crippen LogP contribution in [0.25, 0.3) is 0 Å². The predicted octanol–water partition coefficient (Wildman–Crippen LogP) is 1.58. The fourth-order valence-electron chi connectivity index (χ4n) is 2.71. The molecule has 4 nitrogen and oxygen atoms in total. The van der Waals surface area contributed by atoms with Crippen LogP contribution in [0.3, 0.4) is 0 Å². The van der Waals surface area contributed by atoms with Crippen LogP contribution in [0, 0.1) is 13.8 Å². The van der Waals surface area contributed by atoms with Crippen molar-refractivity contribution in [3.63, 3.8) is 0 Å². The van der Waals surface area contributed by atoms with Crippen molar-refractivity contribution in [1.82, 2.24) is 5.32 Å². The van der Waals surface area contributed by atoms with Crippen molar-refractivity contribution in [1.29, 1.82) is 0 Å². The minimum Gasteiger partial charge on any atom is -0.312 e. The largest absolute Gasteiger partial charge is 0.312 e. The van der Waals surface area contributed by atoms with Gasteiger partial charge in [-0.3, -0.25) is 9.59 Å². The number of hydrogen-bond donors (Lipinski definition) is 1. The van der Waals surface area contributed by atoms with Crippen LogP contribution in [-0.4, -0.2) is 30.8 Å². The molecule has 0 bridgehead atoms. The van der Waals surface area contributed by atoms with Gasteiger partial charge in [0.05, 0.1) is 11.3 Å². The first-order valence-corrected chi connectivity index (χ1v) is 6.79. The van der Waals surface area contributed by atoms with E-state index in [1.54, 1.807) is 4.90 Å². The maximum absolute atomic E-state index is 12.1. The molecule has 100 valence electrons. The summed E-state index contributed by atoms with van der Waals surface area (Å²) in [5, 5.41) is 3.38. The number of aryl methyl sites for hydroxylation is 2. The SMILES string of the molecule is Cc1cc(C)c2c(c1)C(=O)C(=O)N2CCNC1CC1. The average molecular weight is 258 g/mol. The Morgan fingerprint density at radius 2 is 2.00 bits per heavy atom. The van der Waals surface area contributed by atoms with Crippen LogP contribution in [0.4, 0.5) is 5.69 Å². The summed E-state index contributed by atoms with van der Waals surface area (Å²) in [7, 11) is 0. The lowest BCUT2D eigenvalue weighted by Crippen LogP contribution is -2.36. The number of carbonyl (C=O) groups is 2. The Morgan fingerprint density at radius 3 is 2.68 bits per heavy atom. The van der Waals surface area contributed by atoms with Crippen LogP contribution >= 0.6 is 0 Å². The number of fused-ring (bicyclic) bond motifs is 1. The van der Waals surface area contributed by atoms with Crippen molar-refractivity contribution in [2.24, 2.45) is 0 Å². The molecule has 1 fully saturated rings. The molecule has 1 aromatic carbocycles. The van der Waals surface area contributed by atoms with E-state index in [9.17, 15) is 9.59 Å². The number of benzene rings is 1. The highest BCUT2D eigenvalue weighted by Gasteiger charge is 2.36. The fourth-order valence-corrected chi connectivity index (χ4v) is 2.71. The zero-order valence-corrected chi connectivity index (χ0v) is 11.3. The molecule has 1 amide bonds. The normalized spacial score (nSPS) is 18.1. The van der Waals surface area contributed by atoms with Crippen molar-refractivity contribution in [3.05, 3.63) is 28.8 Å². The Hall–Kier alpha value is -1.68. The molecule has 3 rings (SSSR count). The molecule has 0 unspecified atom stereocenters. The maximum atomic E-state index is 12.1. The number of rotatable bonds is 4. The topological polar surface area (TPSA) is 49.4 Å². The van der Waals surface area contributed by atoms with E-state index in [4.69, 9.17) is 0 Å². The van der Waals surface area contributed by atoms with Gasteiger partial charge in [0.2, 0.25) is 0 Å². The molecule has 0 saturated heterocycles. The minimum atomic E-state index is -0.388. The first-order chi connectivity index (χ1) is 9.08. The smallest absolute Gasteiger partial charge is 0.299 e. The third-order valence-electron chi connectivity index (χ3n) is 3.74. The molecule has 2 aliphatic rings. The highest BCUT2D eigenvalue weighted by Crippen LogP contribution is 2.33. The van der Waals surface area contributed by atoms with Crippen LogP contribution in [-0.2, 0) is 4.79 Å². The fraction of sp³-hybridized carbons (Fsp3) is 0.467. The van der Waals surface area contributed by atoms with Gasteiger partial charge in [-0.25, -0.2) is 0 Å². The van der Waals surface area contributed by atoms with E-state index in [0.29, 0.717) is 18.2 Å². The molecule has 1 heterocycles. The van der Waals surface area contributed by atoms with Crippen LogP contribution in [0.2, 0.25) is 0 Å². The molecule has 0 aromatic heterocycles. The Kier molecular flexibility index (Phi) is 2.90. The van der Waals surface area contributed by atoms with Gasteiger partial charge >= 0.3 is 0 Å². The first-order valence-electron chi connectivity index (χ1n) is 6.79. The highest BCUT2D eigenvalue weighted by molar-refractivity contribution is 6.52. The molecule has 1 aromatic rings. The summed E-state index contributed by atoms with van der Waals surface area (Å²) in [6.45, 7) is 5.22. The molecular formula is C15H18N2O2. The molecule has 1 aliphatic heterocycles. The second-order valence-corrected chi connectivity index (χ2v) is 5.49. The van der Waals surface area contributed by atoms with Gasteiger partial charge in [-0.15, -0.1) is 0 Å². The number of Topliss-reactive ketones (excluding diaryl/α,β-unsaturated/α-hetero) is 1. The molecular weight excluding hydrogens is 240 g/mol. The third kappa shape index (κ3) is 2.16. The molecule has 0 atom stereocenters. The second-order valence-electron chi connectivity index (χ2n) is 5.49. The summed E-state index contributed by atoms with van der Waals surface area (Å²) in [4.78, 5) is 25.7. The number of ketones is 1. The molecule has 4 heteroatoms. The summed E-state index contributed by atoms with van der Waals surface area (Å²) in [5.41, 5.74) is 3.39. The number of anilines is 1. The Bertz CT molecular complexity index is 562. The molecule has 1 aliphatic carbocycles. The number of nitrogens with one attached hydrogen (secondary N) is 1. The van der Waals surface area contributed by atoms with Crippen molar-refractivity contribution in [3.8, 4) is 0 Å². The third-order valence-corrected chi connectivity index (χ3v) is 3.74. The average Bonchev–Trinajstić information content (AvgIpc) is 3.13. The number of carbonyl (C=O) groups excluding carboxylic acids is 2. The number of hydrogen-bond acceptors (Lipinski definition) is 3. The van der Waals surface area contributed by atoms with Crippen molar-refractivity contribution in [2.45, 2.75) is 32.7 Å². The van der Waals surface area contributed by atoms with E-state index in [0.717, 1.165) is 23.4 Å². The Morgan fingerprint density at radius 1 is 1.26 bits per heavy atom. The summed E-state index contributed by atoms with van der Waals surface area (Å²) in [6, 6.07) is 4.45. The molecule has 1 N–H and O–H groups in total. The van der Waals surface area contributed by atoms with Crippen LogP contribution in [0.1, 0.15) is 34.3 Å². The quantitative estimate of drug-likeness (QED) is 0.834. The lowest BCUT2D eigenvalue weighted by Gasteiger charge is -2.19. The van der Waals surface area contributed by atoms with Gasteiger partial charge in [0.15, 0.2) is 0 Å². The zero-order chi connectivity index (χ0) is 13.6. The standard InChI is InChI=1S/C15H18N2O2/c1-9-7-10(2)13-12(8-9)14(18)15(19)17(13)6-5-16-11-3-4-11/h7-8,11,16H,3-6H2,1-2H3. The van der Waals surface area contributed by atoms with Gasteiger partial charge in [-0.05, 0) is 43.9 Å². The van der Waals surface area contributed by atoms with Crippen LogP contribution in [0.5, 0.6) is 0 Å². The van der Waals surface area contributed by atoms with Gasteiger partial charge in [0.25, 0.3) is 11.7 Å². The summed E-state index contributed by atoms with van der Waals surface area (Å²) >= 11 is 0. The van der Waals surface area contributed by atoms with Crippen molar-refractivity contribution < 1.29 is 9.59 Å². The van der Waals surface area contributed by atoms with E-state index in [-0.39, 0.29) is 11.7 Å². The van der Waals surface area contributed by atoms with Gasteiger partial charge in [-0.1, -0.05) is 6.07 Å². The predicted molar refractivity (Wildman–Crippen MR) is 73.6 cm³/mol. The molecule has 1 saturated carbocycles. The van der Waals surface area contributed by atoms with Gasteiger partial charge in [0, 0.05) is 19.1 Å². The first kappa shape index (κ1) is 12.4. The van der Waals surface area contributed by atoms with Crippen LogP contribution in [0.15, 0.2) is 12.1 Å². The summed E-state index contributed by atoms with van der Waals surface area (Å²) in [5.74, 6) is -0.755. The number of amides is 1. The summed E-state index contributed by atoms with van der Waals surface area (Å²) < 4.78 is 0. The van der Waals surface area contributed by atoms with Crippen molar-refractivity contribution in [2.75, 3.05) is 18.0 Å². The number of nitrogens with zero attached hydrogens (tertiary/aromatic N) is 1. The lowest BCUT2D eigenvalue weighted by atomic mass is 10.0. The molecule has 0 spiro atoms. The second kappa shape index (κ2) is 4.46. The van der Waals surface area contributed by atoms with Gasteiger partial charge in [0.1, 0.15) is 0 Å². The van der Waals surface area contributed by atoms with E-state index >= 15 is 0 Å². The minimum absolute atomic E-state index is 0.367. The van der Waals surface area contributed by atoms with Crippen molar-refractivity contribution >= 4 is 17.4 Å². The zero-order valence-electron chi connectivity index (χ0n) is 11.3. The maximum Gasteiger partial charge on any atom is 0.299 e. The molecule has 0 radical (unpaired) electrons. The Labute approximate surface area is 112 Å².